The van der Waals surface area contributed by atoms with E-state index in [1.54, 1.807) is 0 Å². The first-order chi connectivity index (χ1) is 8.44. The lowest BCUT2D eigenvalue weighted by molar-refractivity contribution is 0.273. The van der Waals surface area contributed by atoms with Gasteiger partial charge in [-0.2, -0.15) is 11.8 Å². The summed E-state index contributed by atoms with van der Waals surface area (Å²) in [7, 11) is 0. The summed E-state index contributed by atoms with van der Waals surface area (Å²) in [6.07, 6.45) is 4.50. The lowest BCUT2D eigenvalue weighted by Gasteiger charge is -2.35. The Morgan fingerprint density at radius 2 is 2.28 bits per heavy atom. The Morgan fingerprint density at radius 3 is 2.94 bits per heavy atom. The molecule has 0 radical (unpaired) electrons. The summed E-state index contributed by atoms with van der Waals surface area (Å²) < 4.78 is 2.46. The minimum atomic E-state index is 0.219. The molecule has 1 aromatic rings. The van der Waals surface area contributed by atoms with Crippen molar-refractivity contribution in [1.82, 2.24) is 4.57 Å². The van der Waals surface area contributed by atoms with E-state index < -0.39 is 0 Å². The number of aromatic nitrogens is 1. The highest BCUT2D eigenvalue weighted by Gasteiger charge is 2.32. The van der Waals surface area contributed by atoms with Gasteiger partial charge in [0.25, 0.3) is 0 Å². The average Bonchev–Trinajstić information content (AvgIpc) is 2.68. The number of hydrogen-bond acceptors (Lipinski definition) is 2. The summed E-state index contributed by atoms with van der Waals surface area (Å²) in [5, 5.41) is 0. The largest absolute Gasteiger partial charge is 0.348 e. The van der Waals surface area contributed by atoms with Crippen LogP contribution in [0.3, 0.4) is 0 Å². The SMILES string of the molecule is CCSCC(C)n1ccc2c1CC(C)(C)CC2N. The van der Waals surface area contributed by atoms with Crippen molar-refractivity contribution >= 4 is 11.8 Å². The first-order valence-corrected chi connectivity index (χ1v) is 8.13. The number of nitrogens with zero attached hydrogens (tertiary/aromatic N) is 1. The molecule has 0 fully saturated rings. The van der Waals surface area contributed by atoms with Crippen LogP contribution < -0.4 is 5.73 Å². The molecule has 0 spiro atoms. The van der Waals surface area contributed by atoms with Crippen LogP contribution >= 0.6 is 11.8 Å². The summed E-state index contributed by atoms with van der Waals surface area (Å²) in [5.41, 5.74) is 9.50. The highest BCUT2D eigenvalue weighted by atomic mass is 32.2. The maximum absolute atomic E-state index is 6.32. The van der Waals surface area contributed by atoms with E-state index in [0.717, 1.165) is 12.8 Å². The Balaban J connectivity index is 2.25. The smallest absolute Gasteiger partial charge is 0.0395 e. The van der Waals surface area contributed by atoms with Crippen LogP contribution in [0.1, 0.15) is 57.5 Å². The van der Waals surface area contributed by atoms with E-state index in [1.165, 1.54) is 22.8 Å². The van der Waals surface area contributed by atoms with Gasteiger partial charge in [-0.15, -0.1) is 0 Å². The van der Waals surface area contributed by atoms with Crippen LogP contribution in [-0.4, -0.2) is 16.1 Å². The minimum Gasteiger partial charge on any atom is -0.348 e. The van der Waals surface area contributed by atoms with E-state index in [2.05, 4.69) is 44.5 Å². The van der Waals surface area contributed by atoms with Gasteiger partial charge in [0.05, 0.1) is 0 Å². The normalized spacial score (nSPS) is 23.7. The number of fused-ring (bicyclic) bond motifs is 1. The van der Waals surface area contributed by atoms with E-state index in [4.69, 9.17) is 5.73 Å². The van der Waals surface area contributed by atoms with Gasteiger partial charge in [-0.3, -0.25) is 0 Å². The molecule has 2 nitrogen and oxygen atoms in total. The van der Waals surface area contributed by atoms with E-state index in [-0.39, 0.29) is 6.04 Å². The van der Waals surface area contributed by atoms with Gasteiger partial charge in [0.2, 0.25) is 0 Å². The zero-order valence-electron chi connectivity index (χ0n) is 12.1. The van der Waals surface area contributed by atoms with Crippen molar-refractivity contribution < 1.29 is 0 Å². The molecule has 1 aliphatic rings. The fourth-order valence-corrected chi connectivity index (χ4v) is 3.78. The maximum atomic E-state index is 6.32. The lowest BCUT2D eigenvalue weighted by Crippen LogP contribution is -2.31. The monoisotopic (exact) mass is 266 g/mol. The van der Waals surface area contributed by atoms with Crippen molar-refractivity contribution in [3.63, 3.8) is 0 Å². The molecule has 2 unspecified atom stereocenters. The molecule has 2 atom stereocenters. The van der Waals surface area contributed by atoms with Crippen LogP contribution in [0.5, 0.6) is 0 Å². The zero-order valence-corrected chi connectivity index (χ0v) is 12.9. The molecular weight excluding hydrogens is 240 g/mol. The van der Waals surface area contributed by atoms with Gasteiger partial charge in [-0.1, -0.05) is 20.8 Å². The lowest BCUT2D eigenvalue weighted by atomic mass is 9.74. The molecule has 0 amide bonds. The average molecular weight is 266 g/mol. The van der Waals surface area contributed by atoms with Gasteiger partial charge in [-0.25, -0.2) is 0 Å². The fourth-order valence-electron chi connectivity index (χ4n) is 3.04. The highest BCUT2D eigenvalue weighted by molar-refractivity contribution is 7.99. The van der Waals surface area contributed by atoms with Crippen molar-refractivity contribution in [2.75, 3.05) is 11.5 Å². The van der Waals surface area contributed by atoms with Crippen molar-refractivity contribution in [2.45, 2.75) is 52.6 Å². The topological polar surface area (TPSA) is 30.9 Å². The molecule has 102 valence electrons. The van der Waals surface area contributed by atoms with Gasteiger partial charge < -0.3 is 10.3 Å². The molecular formula is C15H26N2S. The number of nitrogens with two attached hydrogens (primary N) is 1. The van der Waals surface area contributed by atoms with Gasteiger partial charge in [0, 0.05) is 29.7 Å². The number of rotatable bonds is 4. The predicted molar refractivity (Wildman–Crippen MR) is 81.2 cm³/mol. The molecule has 18 heavy (non-hydrogen) atoms. The van der Waals surface area contributed by atoms with Crippen LogP contribution in [0.2, 0.25) is 0 Å². The Morgan fingerprint density at radius 1 is 1.56 bits per heavy atom. The Bertz CT molecular complexity index is 409. The van der Waals surface area contributed by atoms with Crippen LogP contribution in [-0.2, 0) is 6.42 Å². The van der Waals surface area contributed by atoms with E-state index in [9.17, 15) is 0 Å². The Kier molecular flexibility index (Phi) is 4.12. The van der Waals surface area contributed by atoms with Crippen LogP contribution in [0.25, 0.3) is 0 Å². The van der Waals surface area contributed by atoms with Crippen molar-refractivity contribution in [2.24, 2.45) is 11.1 Å². The van der Waals surface area contributed by atoms with Crippen LogP contribution in [0.4, 0.5) is 0 Å². The second-order valence-corrected chi connectivity index (χ2v) is 7.60. The third-order valence-corrected chi connectivity index (χ3v) is 5.04. The minimum absolute atomic E-state index is 0.219. The predicted octanol–water partition coefficient (Wildman–Crippen LogP) is 3.77. The van der Waals surface area contributed by atoms with Crippen molar-refractivity contribution in [3.05, 3.63) is 23.5 Å². The van der Waals surface area contributed by atoms with E-state index >= 15 is 0 Å². The summed E-state index contributed by atoms with van der Waals surface area (Å²) >= 11 is 2.01. The standard InChI is InChI=1S/C15H26N2S/c1-5-18-10-11(2)17-7-6-12-13(16)8-15(3,4)9-14(12)17/h6-7,11,13H,5,8-10,16H2,1-4H3. The maximum Gasteiger partial charge on any atom is 0.0395 e. The molecule has 2 N–H and O–H groups in total. The second kappa shape index (κ2) is 5.30. The van der Waals surface area contributed by atoms with E-state index in [0.29, 0.717) is 11.5 Å². The molecule has 1 aromatic heterocycles. The Labute approximate surface area is 115 Å². The molecule has 0 aromatic carbocycles. The fraction of sp³-hybridized carbons (Fsp3) is 0.733. The quantitative estimate of drug-likeness (QED) is 0.899. The third kappa shape index (κ3) is 2.77. The molecule has 0 aliphatic heterocycles. The van der Waals surface area contributed by atoms with Crippen molar-refractivity contribution in [3.8, 4) is 0 Å². The summed E-state index contributed by atoms with van der Waals surface area (Å²) in [6.45, 7) is 9.20. The number of hydrogen-bond donors (Lipinski definition) is 1. The van der Waals surface area contributed by atoms with Gasteiger partial charge in [-0.05, 0) is 42.6 Å². The Hall–Kier alpha value is -0.410. The molecule has 3 heteroatoms. The summed E-state index contributed by atoms with van der Waals surface area (Å²) in [5.74, 6) is 2.38. The molecule has 0 saturated heterocycles. The highest BCUT2D eigenvalue weighted by Crippen LogP contribution is 2.40. The molecule has 1 aliphatic carbocycles. The molecule has 1 heterocycles. The summed E-state index contributed by atoms with van der Waals surface area (Å²) in [6, 6.07) is 3.03. The second-order valence-electron chi connectivity index (χ2n) is 6.29. The van der Waals surface area contributed by atoms with Gasteiger partial charge >= 0.3 is 0 Å². The van der Waals surface area contributed by atoms with Crippen molar-refractivity contribution in [1.29, 1.82) is 0 Å². The first kappa shape index (κ1) is 14.0. The number of thioether (sulfide) groups is 1. The molecule has 0 bridgehead atoms. The molecule has 0 saturated carbocycles. The first-order valence-electron chi connectivity index (χ1n) is 6.97. The summed E-state index contributed by atoms with van der Waals surface area (Å²) in [4.78, 5) is 0. The van der Waals surface area contributed by atoms with E-state index in [1.807, 2.05) is 11.8 Å². The third-order valence-electron chi connectivity index (χ3n) is 3.92. The van der Waals surface area contributed by atoms with Gasteiger partial charge in [0.15, 0.2) is 0 Å². The van der Waals surface area contributed by atoms with Crippen LogP contribution in [0, 0.1) is 5.41 Å². The van der Waals surface area contributed by atoms with Crippen LogP contribution in [0.15, 0.2) is 12.3 Å². The zero-order chi connectivity index (χ0) is 13.3. The molecule has 2 rings (SSSR count). The van der Waals surface area contributed by atoms with Gasteiger partial charge in [0.1, 0.15) is 0 Å².